The van der Waals surface area contributed by atoms with Crippen LogP contribution in [0.3, 0.4) is 0 Å². The Morgan fingerprint density at radius 1 is 0.344 bits per heavy atom. The normalized spacial score (nSPS) is 12.5. The van der Waals surface area contributed by atoms with Crippen molar-refractivity contribution in [3.63, 3.8) is 0 Å². The molecule has 61 heavy (non-hydrogen) atoms. The first-order chi connectivity index (χ1) is 29.8. The second kappa shape index (κ2) is 47.9. The zero-order valence-corrected chi connectivity index (χ0v) is 41.8. The van der Waals surface area contributed by atoms with Gasteiger partial charge >= 0.3 is 17.9 Å². The Kier molecular flexibility index (Phi) is 46.6. The van der Waals surface area contributed by atoms with Crippen molar-refractivity contribution in [3.8, 4) is 0 Å². The van der Waals surface area contributed by atoms with Crippen molar-refractivity contribution in [2.24, 2.45) is 11.8 Å². The molecule has 0 aliphatic heterocycles. The first-order valence-corrected chi connectivity index (χ1v) is 27.3. The molecular formula is C55H106O6. The molecule has 0 radical (unpaired) electrons. The van der Waals surface area contributed by atoms with Crippen LogP contribution in [0.25, 0.3) is 0 Å². The molecule has 362 valence electrons. The molecule has 0 bridgehead atoms. The molecule has 6 heteroatoms. The van der Waals surface area contributed by atoms with Crippen LogP contribution in [0.2, 0.25) is 0 Å². The van der Waals surface area contributed by atoms with Gasteiger partial charge in [-0.2, -0.15) is 0 Å². The lowest BCUT2D eigenvalue weighted by Gasteiger charge is -2.18. The molecule has 2 atom stereocenters. The van der Waals surface area contributed by atoms with E-state index in [9.17, 15) is 14.4 Å². The predicted octanol–water partition coefficient (Wildman–Crippen LogP) is 17.7. The Labute approximate surface area is 380 Å². The van der Waals surface area contributed by atoms with Crippen molar-refractivity contribution in [3.05, 3.63) is 0 Å². The summed E-state index contributed by atoms with van der Waals surface area (Å²) in [6.07, 6.45) is 49.4. The highest BCUT2D eigenvalue weighted by Gasteiger charge is 2.19. The molecule has 0 aromatic heterocycles. The fourth-order valence-corrected chi connectivity index (χ4v) is 8.31. The van der Waals surface area contributed by atoms with Crippen LogP contribution in [0.5, 0.6) is 0 Å². The summed E-state index contributed by atoms with van der Waals surface area (Å²) in [6.45, 7) is 11.4. The molecule has 0 aromatic carbocycles. The first-order valence-electron chi connectivity index (χ1n) is 27.3. The van der Waals surface area contributed by atoms with Gasteiger partial charge in [0.15, 0.2) is 6.10 Å². The van der Waals surface area contributed by atoms with Crippen LogP contribution in [0, 0.1) is 11.8 Å². The number of carbonyl (C=O) groups excluding carboxylic acids is 3. The van der Waals surface area contributed by atoms with E-state index in [1.165, 1.54) is 193 Å². The van der Waals surface area contributed by atoms with Crippen molar-refractivity contribution < 1.29 is 28.6 Å². The van der Waals surface area contributed by atoms with Gasteiger partial charge < -0.3 is 14.2 Å². The number of rotatable bonds is 49. The molecule has 0 aliphatic carbocycles. The van der Waals surface area contributed by atoms with Crippen LogP contribution >= 0.6 is 0 Å². The summed E-state index contributed by atoms with van der Waals surface area (Å²) in [5, 5.41) is 0. The fourth-order valence-electron chi connectivity index (χ4n) is 8.31. The number of ether oxygens (including phenoxy) is 3. The zero-order chi connectivity index (χ0) is 44.7. The molecule has 0 fully saturated rings. The minimum absolute atomic E-state index is 0.0633. The van der Waals surface area contributed by atoms with Gasteiger partial charge in [-0.15, -0.1) is 0 Å². The monoisotopic (exact) mass is 863 g/mol. The van der Waals surface area contributed by atoms with E-state index >= 15 is 0 Å². The second-order valence-electron chi connectivity index (χ2n) is 19.6. The molecule has 0 spiro atoms. The van der Waals surface area contributed by atoms with E-state index in [-0.39, 0.29) is 31.1 Å². The van der Waals surface area contributed by atoms with Gasteiger partial charge in [-0.1, -0.05) is 266 Å². The molecule has 0 heterocycles. The first kappa shape index (κ1) is 59.4. The SMILES string of the molecule is CCCCCCCCCCCC(=O)OC[C@@H](COC(=O)CCCCCCCCCCCCCCCC(C)C)OC(=O)CCCCCCCCCCCCCCCCC(C)CC. The molecule has 0 aromatic rings. The van der Waals surface area contributed by atoms with E-state index < -0.39 is 6.10 Å². The number of unbranched alkanes of at least 4 members (excludes halogenated alkanes) is 33. The largest absolute Gasteiger partial charge is 0.462 e. The molecule has 6 nitrogen and oxygen atoms in total. The van der Waals surface area contributed by atoms with Crippen molar-refractivity contribution in [1.82, 2.24) is 0 Å². The summed E-state index contributed by atoms with van der Waals surface area (Å²) in [7, 11) is 0. The smallest absolute Gasteiger partial charge is 0.306 e. The molecule has 0 saturated heterocycles. The maximum Gasteiger partial charge on any atom is 0.306 e. The minimum Gasteiger partial charge on any atom is -0.462 e. The van der Waals surface area contributed by atoms with E-state index in [2.05, 4.69) is 34.6 Å². The number of hydrogen-bond donors (Lipinski definition) is 0. The van der Waals surface area contributed by atoms with Gasteiger partial charge in [0, 0.05) is 19.3 Å². The molecule has 0 rings (SSSR count). The highest BCUT2D eigenvalue weighted by molar-refractivity contribution is 5.71. The topological polar surface area (TPSA) is 78.9 Å². The summed E-state index contributed by atoms with van der Waals surface area (Å²) in [4.78, 5) is 37.9. The van der Waals surface area contributed by atoms with E-state index in [1.807, 2.05) is 0 Å². The van der Waals surface area contributed by atoms with Crippen molar-refractivity contribution >= 4 is 17.9 Å². The lowest BCUT2D eigenvalue weighted by Crippen LogP contribution is -2.30. The van der Waals surface area contributed by atoms with Gasteiger partial charge in [0.2, 0.25) is 0 Å². The fraction of sp³-hybridized carbons (Fsp3) is 0.945. The number of esters is 3. The molecule has 0 N–H and O–H groups in total. The second-order valence-corrected chi connectivity index (χ2v) is 19.6. The third kappa shape index (κ3) is 47.7. The third-order valence-corrected chi connectivity index (χ3v) is 12.8. The average molecular weight is 863 g/mol. The van der Waals surface area contributed by atoms with Crippen LogP contribution in [0.1, 0.15) is 304 Å². The quantitative estimate of drug-likeness (QED) is 0.0344. The lowest BCUT2D eigenvalue weighted by molar-refractivity contribution is -0.167. The number of hydrogen-bond acceptors (Lipinski definition) is 6. The van der Waals surface area contributed by atoms with Crippen molar-refractivity contribution in [2.45, 2.75) is 310 Å². The lowest BCUT2D eigenvalue weighted by atomic mass is 9.99. The van der Waals surface area contributed by atoms with Gasteiger partial charge in [-0.25, -0.2) is 0 Å². The van der Waals surface area contributed by atoms with Crippen molar-refractivity contribution in [1.29, 1.82) is 0 Å². The van der Waals surface area contributed by atoms with E-state index in [1.54, 1.807) is 0 Å². The third-order valence-electron chi connectivity index (χ3n) is 12.8. The number of carbonyl (C=O) groups is 3. The van der Waals surface area contributed by atoms with E-state index in [0.29, 0.717) is 19.3 Å². The summed E-state index contributed by atoms with van der Waals surface area (Å²) < 4.78 is 16.8. The molecule has 0 saturated carbocycles. The maximum atomic E-state index is 12.8. The van der Waals surface area contributed by atoms with Gasteiger partial charge in [-0.05, 0) is 31.1 Å². The summed E-state index contributed by atoms with van der Waals surface area (Å²) in [5.74, 6) is 0.888. The highest BCUT2D eigenvalue weighted by atomic mass is 16.6. The molecule has 0 aliphatic rings. The molecular weight excluding hydrogens is 757 g/mol. The van der Waals surface area contributed by atoms with E-state index in [4.69, 9.17) is 14.2 Å². The highest BCUT2D eigenvalue weighted by Crippen LogP contribution is 2.18. The Morgan fingerprint density at radius 2 is 0.623 bits per heavy atom. The molecule has 0 amide bonds. The van der Waals surface area contributed by atoms with Crippen LogP contribution in [0.15, 0.2) is 0 Å². The summed E-state index contributed by atoms with van der Waals surface area (Å²) in [6, 6.07) is 0. The van der Waals surface area contributed by atoms with Crippen LogP contribution in [-0.4, -0.2) is 37.2 Å². The van der Waals surface area contributed by atoms with Crippen molar-refractivity contribution in [2.75, 3.05) is 13.2 Å². The Bertz CT molecular complexity index is 933. The van der Waals surface area contributed by atoms with E-state index in [0.717, 1.165) is 69.6 Å². The van der Waals surface area contributed by atoms with Crippen LogP contribution in [0.4, 0.5) is 0 Å². The van der Waals surface area contributed by atoms with Crippen LogP contribution in [-0.2, 0) is 28.6 Å². The standard InChI is InChI=1S/C55H106O6/c1-6-8-9-10-11-23-30-35-40-45-53(56)59-48-52(49-60-54(57)46-41-36-31-26-21-18-14-15-19-24-28-33-38-43-50(3)4)61-55(58)47-42-37-32-27-22-17-13-12-16-20-25-29-34-39-44-51(5)7-2/h50-52H,6-49H2,1-5H3/t51?,52-/m0/s1. The average Bonchev–Trinajstić information content (AvgIpc) is 3.24. The summed E-state index contributed by atoms with van der Waals surface area (Å²) >= 11 is 0. The zero-order valence-electron chi connectivity index (χ0n) is 41.8. The van der Waals surface area contributed by atoms with Crippen LogP contribution < -0.4 is 0 Å². The van der Waals surface area contributed by atoms with Gasteiger partial charge in [-0.3, -0.25) is 14.4 Å². The maximum absolute atomic E-state index is 12.8. The Balaban J connectivity index is 4.24. The Morgan fingerprint density at radius 3 is 0.934 bits per heavy atom. The predicted molar refractivity (Wildman–Crippen MR) is 261 cm³/mol. The summed E-state index contributed by atoms with van der Waals surface area (Å²) in [5.41, 5.74) is 0. The van der Waals surface area contributed by atoms with Gasteiger partial charge in [0.25, 0.3) is 0 Å². The molecule has 1 unspecified atom stereocenters. The minimum atomic E-state index is -0.761. The van der Waals surface area contributed by atoms with Gasteiger partial charge in [0.1, 0.15) is 13.2 Å². The Hall–Kier alpha value is -1.59. The van der Waals surface area contributed by atoms with Gasteiger partial charge in [0.05, 0.1) is 0 Å².